The highest BCUT2D eigenvalue weighted by Gasteiger charge is 2.20. The highest BCUT2D eigenvalue weighted by atomic mass is 14.3. The van der Waals surface area contributed by atoms with Crippen molar-refractivity contribution in [3.8, 4) is 0 Å². The maximum atomic E-state index is 2.47. The van der Waals surface area contributed by atoms with E-state index < -0.39 is 0 Å². The van der Waals surface area contributed by atoms with E-state index in [1.54, 1.807) is 0 Å². The summed E-state index contributed by atoms with van der Waals surface area (Å²) in [5.41, 5.74) is 0. The van der Waals surface area contributed by atoms with Crippen molar-refractivity contribution in [2.45, 2.75) is 58.8 Å². The molecule has 0 aromatic rings. The molecule has 86 valence electrons. The highest BCUT2D eigenvalue weighted by molar-refractivity contribution is 5.00. The van der Waals surface area contributed by atoms with Crippen LogP contribution in [0, 0.1) is 23.7 Å². The Bertz CT molecular complexity index is 208. The summed E-state index contributed by atoms with van der Waals surface area (Å²) >= 11 is 0. The Labute approximate surface area is 95.1 Å². The second kappa shape index (κ2) is 5.18. The fourth-order valence-electron chi connectivity index (χ4n) is 3.26. The van der Waals surface area contributed by atoms with Crippen LogP contribution in [-0.2, 0) is 0 Å². The molecular weight excluding hydrogens is 180 g/mol. The molecule has 0 N–H and O–H groups in total. The lowest BCUT2D eigenvalue weighted by Crippen LogP contribution is -2.13. The fourth-order valence-corrected chi connectivity index (χ4v) is 3.26. The third-order valence-corrected chi connectivity index (χ3v) is 4.47. The Morgan fingerprint density at radius 3 is 2.27 bits per heavy atom. The molecule has 1 saturated carbocycles. The molecule has 0 heteroatoms. The van der Waals surface area contributed by atoms with Crippen molar-refractivity contribution < 1.29 is 0 Å². The predicted octanol–water partition coefficient (Wildman–Crippen LogP) is 4.81. The first-order valence-electron chi connectivity index (χ1n) is 6.92. The summed E-state index contributed by atoms with van der Waals surface area (Å²) in [4.78, 5) is 0. The first-order chi connectivity index (χ1) is 7.24. The van der Waals surface area contributed by atoms with E-state index in [1.165, 1.54) is 44.9 Å². The molecule has 0 bridgehead atoms. The van der Waals surface area contributed by atoms with Gasteiger partial charge in [-0.15, -0.1) is 0 Å². The average molecular weight is 206 g/mol. The molecule has 0 amide bonds. The molecule has 1 fully saturated rings. The lowest BCUT2D eigenvalue weighted by atomic mass is 9.79. The van der Waals surface area contributed by atoms with Crippen molar-refractivity contribution in [1.29, 1.82) is 0 Å². The molecule has 2 aliphatic rings. The minimum absolute atomic E-state index is 0.848. The zero-order valence-electron chi connectivity index (χ0n) is 10.4. The van der Waals surface area contributed by atoms with Crippen LogP contribution in [0.5, 0.6) is 0 Å². The van der Waals surface area contributed by atoms with Crippen LogP contribution in [0.4, 0.5) is 0 Å². The first-order valence-corrected chi connectivity index (χ1v) is 6.92. The van der Waals surface area contributed by atoms with Crippen LogP contribution < -0.4 is 0 Å². The van der Waals surface area contributed by atoms with Crippen molar-refractivity contribution in [3.05, 3.63) is 12.2 Å². The maximum absolute atomic E-state index is 2.47. The van der Waals surface area contributed by atoms with E-state index in [9.17, 15) is 0 Å². The van der Waals surface area contributed by atoms with E-state index in [0.717, 1.165) is 23.7 Å². The van der Waals surface area contributed by atoms with Gasteiger partial charge in [0, 0.05) is 0 Å². The van der Waals surface area contributed by atoms with Crippen molar-refractivity contribution >= 4 is 0 Å². The second-order valence-corrected chi connectivity index (χ2v) is 6.06. The van der Waals surface area contributed by atoms with Gasteiger partial charge >= 0.3 is 0 Å². The van der Waals surface area contributed by atoms with Crippen LogP contribution in [0.15, 0.2) is 12.2 Å². The molecule has 2 aliphatic carbocycles. The molecule has 0 aromatic heterocycles. The summed E-state index contributed by atoms with van der Waals surface area (Å²) in [5.74, 6) is 3.83. The summed E-state index contributed by atoms with van der Waals surface area (Å²) in [6.07, 6.45) is 15.2. The largest absolute Gasteiger partial charge is 0.0854 e. The zero-order chi connectivity index (χ0) is 10.7. The van der Waals surface area contributed by atoms with Gasteiger partial charge in [0.25, 0.3) is 0 Å². The van der Waals surface area contributed by atoms with Crippen LogP contribution in [0.1, 0.15) is 58.8 Å². The topological polar surface area (TPSA) is 0 Å². The number of hydrogen-bond acceptors (Lipinski definition) is 0. The van der Waals surface area contributed by atoms with Gasteiger partial charge in [-0.1, -0.05) is 51.7 Å². The third-order valence-electron chi connectivity index (χ3n) is 4.47. The van der Waals surface area contributed by atoms with Crippen LogP contribution in [-0.4, -0.2) is 0 Å². The molecule has 0 saturated heterocycles. The van der Waals surface area contributed by atoms with Gasteiger partial charge in [0.1, 0.15) is 0 Å². The van der Waals surface area contributed by atoms with E-state index in [1.807, 2.05) is 0 Å². The summed E-state index contributed by atoms with van der Waals surface area (Å²) in [5, 5.41) is 0. The Kier molecular flexibility index (Phi) is 3.88. The Morgan fingerprint density at radius 2 is 1.67 bits per heavy atom. The molecular formula is C15H26. The van der Waals surface area contributed by atoms with E-state index in [4.69, 9.17) is 0 Å². The molecule has 0 spiro atoms. The molecule has 2 unspecified atom stereocenters. The summed E-state index contributed by atoms with van der Waals surface area (Å²) in [6.45, 7) is 4.76. The maximum Gasteiger partial charge on any atom is -0.0228 e. The molecule has 15 heavy (non-hydrogen) atoms. The van der Waals surface area contributed by atoms with Crippen LogP contribution in [0.25, 0.3) is 0 Å². The normalized spacial score (nSPS) is 40.9. The van der Waals surface area contributed by atoms with Crippen LogP contribution >= 0.6 is 0 Å². The summed E-state index contributed by atoms with van der Waals surface area (Å²) < 4.78 is 0. The molecule has 0 heterocycles. The van der Waals surface area contributed by atoms with E-state index in [2.05, 4.69) is 26.0 Å². The third kappa shape index (κ3) is 3.36. The zero-order valence-corrected chi connectivity index (χ0v) is 10.4. The molecule has 0 radical (unpaired) electrons. The predicted molar refractivity (Wildman–Crippen MR) is 66.8 cm³/mol. The second-order valence-electron chi connectivity index (χ2n) is 6.06. The van der Waals surface area contributed by atoms with E-state index >= 15 is 0 Å². The van der Waals surface area contributed by atoms with Gasteiger partial charge < -0.3 is 0 Å². The molecule has 2 rings (SSSR count). The van der Waals surface area contributed by atoms with Crippen LogP contribution in [0.3, 0.4) is 0 Å². The van der Waals surface area contributed by atoms with Crippen molar-refractivity contribution in [1.82, 2.24) is 0 Å². The monoisotopic (exact) mass is 206 g/mol. The minimum atomic E-state index is 0.848. The minimum Gasteiger partial charge on any atom is -0.0854 e. The Morgan fingerprint density at radius 1 is 0.933 bits per heavy atom. The average Bonchev–Trinajstić information content (AvgIpc) is 2.64. The van der Waals surface area contributed by atoms with Gasteiger partial charge in [-0.25, -0.2) is 0 Å². The van der Waals surface area contributed by atoms with Crippen LogP contribution in [0.2, 0.25) is 0 Å². The van der Waals surface area contributed by atoms with E-state index in [0.29, 0.717) is 0 Å². The number of hydrogen-bond donors (Lipinski definition) is 0. The fraction of sp³-hybridized carbons (Fsp3) is 0.867. The quantitative estimate of drug-likeness (QED) is 0.582. The van der Waals surface area contributed by atoms with Crippen molar-refractivity contribution in [2.24, 2.45) is 23.7 Å². The van der Waals surface area contributed by atoms with Crippen molar-refractivity contribution in [2.75, 3.05) is 0 Å². The van der Waals surface area contributed by atoms with Gasteiger partial charge in [0.2, 0.25) is 0 Å². The Balaban J connectivity index is 1.64. The summed E-state index contributed by atoms with van der Waals surface area (Å²) in [7, 11) is 0. The van der Waals surface area contributed by atoms with Gasteiger partial charge in [0.15, 0.2) is 0 Å². The molecule has 2 atom stereocenters. The van der Waals surface area contributed by atoms with Gasteiger partial charge in [-0.3, -0.25) is 0 Å². The van der Waals surface area contributed by atoms with Gasteiger partial charge in [0.05, 0.1) is 0 Å². The lowest BCUT2D eigenvalue weighted by molar-refractivity contribution is 0.264. The number of allylic oxidation sites excluding steroid dienone is 2. The standard InChI is InChI=1S/C15H26/c1-12-3-6-14(7-4-12)9-10-15-8-5-13(2)11-15/h5,8,12-15H,3-4,6-7,9-11H2,1-2H3. The highest BCUT2D eigenvalue weighted by Crippen LogP contribution is 2.34. The lowest BCUT2D eigenvalue weighted by Gasteiger charge is -2.26. The first kappa shape index (κ1) is 11.2. The van der Waals surface area contributed by atoms with Gasteiger partial charge in [-0.05, 0) is 42.9 Å². The SMILES string of the molecule is CC1C=CC(CCC2CCC(C)CC2)C1. The summed E-state index contributed by atoms with van der Waals surface area (Å²) in [6, 6.07) is 0. The molecule has 0 aromatic carbocycles. The molecule has 0 nitrogen and oxygen atoms in total. The number of rotatable bonds is 3. The Hall–Kier alpha value is -0.260. The van der Waals surface area contributed by atoms with E-state index in [-0.39, 0.29) is 0 Å². The molecule has 0 aliphatic heterocycles. The van der Waals surface area contributed by atoms with Gasteiger partial charge in [-0.2, -0.15) is 0 Å². The van der Waals surface area contributed by atoms with Crippen molar-refractivity contribution in [3.63, 3.8) is 0 Å². The smallest absolute Gasteiger partial charge is 0.0228 e.